The Hall–Kier alpha value is -4.01. The van der Waals surface area contributed by atoms with Gasteiger partial charge in [0, 0.05) is 23.6 Å². The van der Waals surface area contributed by atoms with Crippen LogP contribution < -0.4 is 15.5 Å². The molecular weight excluding hydrogens is 544 g/mol. The monoisotopic (exact) mass is 588 g/mol. The van der Waals surface area contributed by atoms with Gasteiger partial charge < -0.3 is 20.3 Å². The van der Waals surface area contributed by atoms with Gasteiger partial charge in [-0.2, -0.15) is 0 Å². The highest BCUT2D eigenvalue weighted by Gasteiger charge is 2.37. The van der Waals surface area contributed by atoms with E-state index in [9.17, 15) is 19.2 Å². The van der Waals surface area contributed by atoms with Gasteiger partial charge in [-0.15, -0.1) is 0 Å². The molecular formula is C34H44N4O5. The van der Waals surface area contributed by atoms with Gasteiger partial charge in [-0.1, -0.05) is 74.7 Å². The van der Waals surface area contributed by atoms with Crippen LogP contribution in [-0.4, -0.2) is 53.8 Å². The van der Waals surface area contributed by atoms with Crippen LogP contribution in [0.4, 0.5) is 10.5 Å². The van der Waals surface area contributed by atoms with Crippen LogP contribution in [0.5, 0.6) is 0 Å². The molecule has 4 rings (SSSR count). The van der Waals surface area contributed by atoms with E-state index >= 15 is 0 Å². The summed E-state index contributed by atoms with van der Waals surface area (Å²) in [6.07, 6.45) is 3.49. The lowest BCUT2D eigenvalue weighted by Gasteiger charge is -2.29. The fourth-order valence-electron chi connectivity index (χ4n) is 5.77. The van der Waals surface area contributed by atoms with Gasteiger partial charge in [0.2, 0.25) is 12.1 Å². The van der Waals surface area contributed by atoms with Crippen LogP contribution >= 0.6 is 0 Å². The van der Waals surface area contributed by atoms with Crippen molar-refractivity contribution in [3.63, 3.8) is 0 Å². The number of nitrogens with zero attached hydrogens (tertiary/aromatic N) is 2. The average Bonchev–Trinajstić information content (AvgIpc) is 3.07. The number of nitrogens with one attached hydrogen (secondary N) is 2. The summed E-state index contributed by atoms with van der Waals surface area (Å²) >= 11 is 0. The molecule has 1 saturated carbocycles. The largest absolute Gasteiger partial charge is 0.444 e. The standard InChI is InChI=1S/C34H44N4O5/c1-6-26-25-19-13-14-22(2)29(25)38(21-28(39)24-17-11-8-12-18-24)32(41)30(35-26)37-31(40)27(20-23-15-9-7-10-16-23)36-33(42)43-34(3,4)5/h7,9-10,13-16,19,24,27,30H,6,8,11-12,17-18,20-21H2,1-5H3,(H,36,42)(H,37,40)/t27-,30?/m0/s1. The van der Waals surface area contributed by atoms with Crippen molar-refractivity contribution in [2.45, 2.75) is 97.4 Å². The summed E-state index contributed by atoms with van der Waals surface area (Å²) in [5.74, 6) is -1.10. The first-order valence-electron chi connectivity index (χ1n) is 15.3. The molecule has 3 amide bonds. The predicted molar refractivity (Wildman–Crippen MR) is 167 cm³/mol. The number of amides is 3. The van der Waals surface area contributed by atoms with E-state index in [0.29, 0.717) is 17.8 Å². The first kappa shape index (κ1) is 31.9. The average molecular weight is 589 g/mol. The van der Waals surface area contributed by atoms with Gasteiger partial charge >= 0.3 is 6.09 Å². The number of ketones is 1. The summed E-state index contributed by atoms with van der Waals surface area (Å²) in [6.45, 7) is 9.01. The lowest BCUT2D eigenvalue weighted by molar-refractivity contribution is -0.129. The second kappa shape index (κ2) is 14.0. The summed E-state index contributed by atoms with van der Waals surface area (Å²) in [7, 11) is 0. The topological polar surface area (TPSA) is 117 Å². The van der Waals surface area contributed by atoms with Gasteiger partial charge in [0.25, 0.3) is 5.91 Å². The molecule has 1 fully saturated rings. The second-order valence-electron chi connectivity index (χ2n) is 12.4. The highest BCUT2D eigenvalue weighted by atomic mass is 16.6. The SMILES string of the molecule is CCC1=NC(NC(=O)[C@H](Cc2ccccc2)NC(=O)OC(C)(C)C)C(=O)N(CC(=O)C2CCCCC2)c2c(C)cccc21. The van der Waals surface area contributed by atoms with Crippen molar-refractivity contribution in [2.24, 2.45) is 10.9 Å². The van der Waals surface area contributed by atoms with E-state index in [1.165, 1.54) is 4.90 Å². The minimum absolute atomic E-state index is 0.0285. The maximum absolute atomic E-state index is 14.2. The predicted octanol–water partition coefficient (Wildman–Crippen LogP) is 5.27. The zero-order valence-corrected chi connectivity index (χ0v) is 25.9. The Bertz CT molecular complexity index is 1360. The highest BCUT2D eigenvalue weighted by molar-refractivity contribution is 6.15. The molecule has 230 valence electrons. The number of para-hydroxylation sites is 1. The van der Waals surface area contributed by atoms with Crippen LogP contribution in [0, 0.1) is 12.8 Å². The van der Waals surface area contributed by atoms with Crippen molar-refractivity contribution in [1.29, 1.82) is 0 Å². The summed E-state index contributed by atoms with van der Waals surface area (Å²) in [4.78, 5) is 60.5. The van der Waals surface area contributed by atoms with Crippen LogP contribution in [-0.2, 0) is 25.5 Å². The number of ether oxygens (including phenoxy) is 1. The third-order valence-electron chi connectivity index (χ3n) is 7.88. The number of aryl methyl sites for hydroxylation is 1. The molecule has 1 aliphatic carbocycles. The molecule has 43 heavy (non-hydrogen) atoms. The number of benzene rings is 2. The zero-order valence-electron chi connectivity index (χ0n) is 25.9. The molecule has 2 N–H and O–H groups in total. The quantitative estimate of drug-likeness (QED) is 0.414. The molecule has 9 nitrogen and oxygen atoms in total. The van der Waals surface area contributed by atoms with Gasteiger partial charge in [-0.3, -0.25) is 19.4 Å². The molecule has 9 heteroatoms. The number of hydrogen-bond acceptors (Lipinski definition) is 6. The molecule has 2 aromatic rings. The van der Waals surface area contributed by atoms with E-state index in [-0.39, 0.29) is 24.7 Å². The fraction of sp³-hybridized carbons (Fsp3) is 0.500. The van der Waals surface area contributed by atoms with Crippen LogP contribution in [0.1, 0.15) is 82.9 Å². The first-order chi connectivity index (χ1) is 20.5. The summed E-state index contributed by atoms with van der Waals surface area (Å²) < 4.78 is 5.43. The summed E-state index contributed by atoms with van der Waals surface area (Å²) in [6, 6.07) is 14.0. The fourth-order valence-corrected chi connectivity index (χ4v) is 5.77. The van der Waals surface area contributed by atoms with E-state index < -0.39 is 35.7 Å². The lowest BCUT2D eigenvalue weighted by atomic mass is 9.86. The molecule has 0 aromatic heterocycles. The van der Waals surface area contributed by atoms with Crippen molar-refractivity contribution < 1.29 is 23.9 Å². The van der Waals surface area contributed by atoms with Gasteiger partial charge in [0.05, 0.1) is 12.2 Å². The Balaban J connectivity index is 1.65. The molecule has 0 radical (unpaired) electrons. The molecule has 0 spiro atoms. The van der Waals surface area contributed by atoms with E-state index in [2.05, 4.69) is 10.6 Å². The lowest BCUT2D eigenvalue weighted by Crippen LogP contribution is -2.55. The first-order valence-corrected chi connectivity index (χ1v) is 15.3. The molecule has 1 unspecified atom stereocenters. The Morgan fingerprint density at radius 1 is 1.02 bits per heavy atom. The van der Waals surface area contributed by atoms with Crippen LogP contribution in [0.25, 0.3) is 0 Å². The van der Waals surface area contributed by atoms with Crippen molar-refractivity contribution in [2.75, 3.05) is 11.4 Å². The molecule has 2 atom stereocenters. The number of Topliss-reactive ketones (excluding diaryl/α,β-unsaturated/α-hetero) is 1. The van der Waals surface area contributed by atoms with Gasteiger partial charge in [-0.25, -0.2) is 4.79 Å². The molecule has 0 bridgehead atoms. The van der Waals surface area contributed by atoms with E-state index in [1.807, 2.05) is 62.4 Å². The number of carbonyl (C=O) groups excluding carboxylic acids is 4. The highest BCUT2D eigenvalue weighted by Crippen LogP contribution is 2.32. The van der Waals surface area contributed by atoms with E-state index in [4.69, 9.17) is 9.73 Å². The van der Waals surface area contributed by atoms with Crippen molar-refractivity contribution in [3.05, 3.63) is 65.2 Å². The maximum atomic E-state index is 14.2. The van der Waals surface area contributed by atoms with Crippen LogP contribution in [0.15, 0.2) is 53.5 Å². The number of alkyl carbamates (subject to hydrolysis) is 1. The number of fused-ring (bicyclic) bond motifs is 1. The second-order valence-corrected chi connectivity index (χ2v) is 12.4. The number of rotatable bonds is 9. The molecule has 2 aromatic carbocycles. The van der Waals surface area contributed by atoms with Gasteiger partial charge in [-0.05, 0) is 58.1 Å². The summed E-state index contributed by atoms with van der Waals surface area (Å²) in [5, 5.41) is 5.48. The summed E-state index contributed by atoms with van der Waals surface area (Å²) in [5.41, 5.74) is 3.00. The third kappa shape index (κ3) is 8.30. The molecule has 1 heterocycles. The Morgan fingerprint density at radius 2 is 1.72 bits per heavy atom. The van der Waals surface area contributed by atoms with E-state index in [0.717, 1.165) is 48.8 Å². The van der Waals surface area contributed by atoms with Crippen LogP contribution in [0.3, 0.4) is 0 Å². The van der Waals surface area contributed by atoms with Crippen molar-refractivity contribution in [3.8, 4) is 0 Å². The van der Waals surface area contributed by atoms with Crippen molar-refractivity contribution >= 4 is 35.1 Å². The number of hydrogen-bond donors (Lipinski definition) is 2. The third-order valence-corrected chi connectivity index (χ3v) is 7.88. The smallest absolute Gasteiger partial charge is 0.408 e. The molecule has 1 aliphatic heterocycles. The zero-order chi connectivity index (χ0) is 31.1. The van der Waals surface area contributed by atoms with E-state index in [1.54, 1.807) is 20.8 Å². The normalized spacial score (nSPS) is 18.2. The number of benzodiazepines with no additional fused rings is 1. The Kier molecular flexibility index (Phi) is 10.4. The van der Waals surface area contributed by atoms with Crippen LogP contribution in [0.2, 0.25) is 0 Å². The molecule has 2 aliphatic rings. The van der Waals surface area contributed by atoms with Crippen molar-refractivity contribution in [1.82, 2.24) is 10.6 Å². The molecule has 0 saturated heterocycles. The minimum Gasteiger partial charge on any atom is -0.444 e. The maximum Gasteiger partial charge on any atom is 0.408 e. The Morgan fingerprint density at radius 3 is 2.37 bits per heavy atom. The number of anilines is 1. The van der Waals surface area contributed by atoms with Gasteiger partial charge in [0.1, 0.15) is 11.6 Å². The Labute approximate surface area is 254 Å². The van der Waals surface area contributed by atoms with Gasteiger partial charge in [0.15, 0.2) is 5.78 Å². The number of aliphatic imine (C=N–C) groups is 1. The minimum atomic E-state index is -1.27. The number of carbonyl (C=O) groups is 4.